The van der Waals surface area contributed by atoms with Crippen LogP contribution in [-0.2, 0) is 9.59 Å². The minimum Gasteiger partial charge on any atom is -0.484 e. The molecule has 5 aromatic carbocycles. The van der Waals surface area contributed by atoms with Crippen molar-refractivity contribution >= 4 is 34.8 Å². The summed E-state index contributed by atoms with van der Waals surface area (Å²) in [4.78, 5) is 56.5. The molecule has 0 unspecified atom stereocenters. The van der Waals surface area contributed by atoms with Crippen molar-refractivity contribution in [3.63, 3.8) is 0 Å². The third-order valence-corrected chi connectivity index (χ3v) is 8.90. The van der Waals surface area contributed by atoms with Gasteiger partial charge in [0.15, 0.2) is 24.8 Å². The van der Waals surface area contributed by atoms with Gasteiger partial charge in [-0.15, -0.1) is 0 Å². The first-order valence-corrected chi connectivity index (χ1v) is 17.5. The van der Waals surface area contributed by atoms with E-state index >= 15 is 0 Å². The topological polar surface area (TPSA) is 105 Å². The first kappa shape index (κ1) is 35.8. The zero-order valence-electron chi connectivity index (χ0n) is 28.9. The van der Waals surface area contributed by atoms with E-state index in [1.807, 2.05) is 42.5 Å². The fourth-order valence-corrected chi connectivity index (χ4v) is 6.09. The summed E-state index contributed by atoms with van der Waals surface area (Å²) in [7, 11) is 0. The number of ether oxygens (including phenoxy) is 2. The van der Waals surface area contributed by atoms with E-state index < -0.39 is 5.91 Å². The molecule has 0 spiro atoms. The van der Waals surface area contributed by atoms with Crippen molar-refractivity contribution in [2.24, 2.45) is 0 Å². The summed E-state index contributed by atoms with van der Waals surface area (Å²) in [5.74, 6) is 0.0429. The number of benzene rings is 5. The highest BCUT2D eigenvalue weighted by Crippen LogP contribution is 2.27. The summed E-state index contributed by atoms with van der Waals surface area (Å²) in [5, 5.41) is 2.91. The van der Waals surface area contributed by atoms with E-state index in [9.17, 15) is 19.2 Å². The third-order valence-electron chi connectivity index (χ3n) is 8.90. The van der Waals surface area contributed by atoms with Crippen LogP contribution in [0.5, 0.6) is 11.5 Å². The van der Waals surface area contributed by atoms with Crippen LogP contribution in [-0.4, -0.2) is 67.7 Å². The second kappa shape index (κ2) is 17.7. The zero-order chi connectivity index (χ0) is 36.1. The van der Waals surface area contributed by atoms with Gasteiger partial charge in [0.2, 0.25) is 0 Å². The Hall–Kier alpha value is -6.06. The van der Waals surface area contributed by atoms with Gasteiger partial charge in [-0.05, 0) is 86.6 Å². The molecule has 264 valence electrons. The second-order valence-electron chi connectivity index (χ2n) is 12.5. The number of anilines is 2. The molecular formula is C43H41N3O6. The molecule has 5 aromatic rings. The van der Waals surface area contributed by atoms with Gasteiger partial charge in [0, 0.05) is 35.3 Å². The number of nitrogens with zero attached hydrogens (tertiary/aromatic N) is 2. The number of piperidine rings is 1. The highest BCUT2D eigenvalue weighted by Gasteiger charge is 2.22. The Morgan fingerprint density at radius 3 is 1.60 bits per heavy atom. The molecule has 9 heteroatoms. The molecular weight excluding hydrogens is 654 g/mol. The maximum atomic E-state index is 13.8. The molecule has 6 rings (SSSR count). The standard InChI is InChI=1S/C43H41N3O6/c47-40(30-51-36-22-18-34(19-23-36)42(49)32-12-4-1-5-13-32)44-38-16-8-9-17-39(38)46(29-28-45-26-10-3-11-27-45)41(48)31-52-37-24-20-35(21-25-37)43(50)33-14-6-2-7-15-33/h1-2,4-9,12-25H,3,10-11,26-31H2,(H,44,47). The van der Waals surface area contributed by atoms with E-state index in [-0.39, 0.29) is 30.7 Å². The minimum atomic E-state index is -0.401. The van der Waals surface area contributed by atoms with Crippen LogP contribution < -0.4 is 19.7 Å². The lowest BCUT2D eigenvalue weighted by Gasteiger charge is -2.31. The molecule has 0 atom stereocenters. The number of hydrogen-bond acceptors (Lipinski definition) is 7. The lowest BCUT2D eigenvalue weighted by atomic mass is 10.0. The van der Waals surface area contributed by atoms with E-state index in [1.165, 1.54) is 6.42 Å². The average Bonchev–Trinajstić information content (AvgIpc) is 3.21. The summed E-state index contributed by atoms with van der Waals surface area (Å²) < 4.78 is 11.7. The normalized spacial score (nSPS) is 12.8. The molecule has 0 saturated carbocycles. The van der Waals surface area contributed by atoms with Crippen LogP contribution in [0.1, 0.15) is 51.1 Å². The van der Waals surface area contributed by atoms with Crippen LogP contribution in [0.3, 0.4) is 0 Å². The number of amides is 2. The highest BCUT2D eigenvalue weighted by atomic mass is 16.5. The molecule has 1 heterocycles. The number of para-hydroxylation sites is 2. The number of carbonyl (C=O) groups excluding carboxylic acids is 4. The molecule has 52 heavy (non-hydrogen) atoms. The lowest BCUT2D eigenvalue weighted by Crippen LogP contribution is -2.42. The summed E-state index contributed by atoms with van der Waals surface area (Å²) in [5.41, 5.74) is 3.25. The number of hydrogen-bond donors (Lipinski definition) is 1. The first-order valence-electron chi connectivity index (χ1n) is 17.5. The summed E-state index contributed by atoms with van der Waals surface area (Å²) in [6, 6.07) is 38.7. The third kappa shape index (κ3) is 9.58. The van der Waals surface area contributed by atoms with E-state index in [1.54, 1.807) is 95.9 Å². The monoisotopic (exact) mass is 695 g/mol. The molecule has 0 aliphatic carbocycles. The Bertz CT molecular complexity index is 1960. The van der Waals surface area contributed by atoms with Gasteiger partial charge in [0.05, 0.1) is 11.4 Å². The smallest absolute Gasteiger partial charge is 0.265 e. The number of rotatable bonds is 15. The van der Waals surface area contributed by atoms with Gasteiger partial charge in [0.25, 0.3) is 11.8 Å². The average molecular weight is 696 g/mol. The Labute approximate surface area is 303 Å². The zero-order valence-corrected chi connectivity index (χ0v) is 28.9. The molecule has 1 aliphatic rings. The van der Waals surface area contributed by atoms with E-state index in [0.717, 1.165) is 25.9 Å². The van der Waals surface area contributed by atoms with Crippen molar-refractivity contribution in [2.75, 3.05) is 49.6 Å². The van der Waals surface area contributed by atoms with Gasteiger partial charge in [-0.3, -0.25) is 19.2 Å². The molecule has 1 N–H and O–H groups in total. The summed E-state index contributed by atoms with van der Waals surface area (Å²) in [6.07, 6.45) is 3.45. The molecule has 1 fully saturated rings. The van der Waals surface area contributed by atoms with Crippen LogP contribution in [0.2, 0.25) is 0 Å². The van der Waals surface area contributed by atoms with Crippen LogP contribution in [0.15, 0.2) is 133 Å². The number of ketones is 2. The van der Waals surface area contributed by atoms with Crippen LogP contribution in [0.4, 0.5) is 11.4 Å². The van der Waals surface area contributed by atoms with Crippen LogP contribution >= 0.6 is 0 Å². The van der Waals surface area contributed by atoms with Gasteiger partial charge in [0.1, 0.15) is 11.5 Å². The van der Waals surface area contributed by atoms with Crippen molar-refractivity contribution in [3.05, 3.63) is 156 Å². The SMILES string of the molecule is O=C(COc1ccc(C(=O)c2ccccc2)cc1)Nc1ccccc1N(CCN1CCCCC1)C(=O)COc1ccc(C(=O)c2ccccc2)cc1. The van der Waals surface area contributed by atoms with Gasteiger partial charge < -0.3 is 24.6 Å². The van der Waals surface area contributed by atoms with Crippen LogP contribution in [0.25, 0.3) is 0 Å². The molecule has 0 bridgehead atoms. The fraction of sp³-hybridized carbons (Fsp3) is 0.209. The Morgan fingerprint density at radius 2 is 1.04 bits per heavy atom. The maximum absolute atomic E-state index is 13.8. The highest BCUT2D eigenvalue weighted by molar-refractivity contribution is 6.09. The predicted molar refractivity (Wildman–Crippen MR) is 201 cm³/mol. The Morgan fingerprint density at radius 1 is 0.558 bits per heavy atom. The van der Waals surface area contributed by atoms with Crippen LogP contribution in [0, 0.1) is 0 Å². The van der Waals surface area contributed by atoms with Crippen molar-refractivity contribution in [1.29, 1.82) is 0 Å². The first-order chi connectivity index (χ1) is 25.4. The molecule has 0 aromatic heterocycles. The van der Waals surface area contributed by atoms with Crippen molar-refractivity contribution in [2.45, 2.75) is 19.3 Å². The maximum Gasteiger partial charge on any atom is 0.265 e. The Balaban J connectivity index is 1.10. The number of likely N-dealkylation sites (tertiary alicyclic amines) is 1. The Kier molecular flexibility index (Phi) is 12.2. The van der Waals surface area contributed by atoms with Crippen molar-refractivity contribution in [1.82, 2.24) is 4.90 Å². The lowest BCUT2D eigenvalue weighted by molar-refractivity contribution is -0.121. The van der Waals surface area contributed by atoms with Gasteiger partial charge >= 0.3 is 0 Å². The quantitative estimate of drug-likeness (QED) is 0.117. The predicted octanol–water partition coefficient (Wildman–Crippen LogP) is 7.06. The van der Waals surface area contributed by atoms with Gasteiger partial charge in [-0.1, -0.05) is 79.2 Å². The van der Waals surface area contributed by atoms with Crippen molar-refractivity contribution < 1.29 is 28.7 Å². The van der Waals surface area contributed by atoms with E-state index in [4.69, 9.17) is 9.47 Å². The second-order valence-corrected chi connectivity index (χ2v) is 12.5. The van der Waals surface area contributed by atoms with E-state index in [0.29, 0.717) is 58.2 Å². The minimum absolute atomic E-state index is 0.0931. The number of carbonyl (C=O) groups is 4. The van der Waals surface area contributed by atoms with Gasteiger partial charge in [-0.2, -0.15) is 0 Å². The fourth-order valence-electron chi connectivity index (χ4n) is 6.09. The molecule has 2 amide bonds. The molecule has 1 aliphatic heterocycles. The molecule has 9 nitrogen and oxygen atoms in total. The summed E-state index contributed by atoms with van der Waals surface area (Å²) >= 11 is 0. The molecule has 1 saturated heterocycles. The largest absolute Gasteiger partial charge is 0.484 e. The number of nitrogens with one attached hydrogen (secondary N) is 1. The summed E-state index contributed by atoms with van der Waals surface area (Å²) in [6.45, 7) is 2.53. The van der Waals surface area contributed by atoms with Gasteiger partial charge in [-0.25, -0.2) is 0 Å². The van der Waals surface area contributed by atoms with Crippen molar-refractivity contribution in [3.8, 4) is 11.5 Å². The molecule has 0 radical (unpaired) electrons. The van der Waals surface area contributed by atoms with E-state index in [2.05, 4.69) is 10.2 Å².